The molecule has 0 saturated heterocycles. The van der Waals surface area contributed by atoms with Gasteiger partial charge in [-0.25, -0.2) is 13.8 Å². The van der Waals surface area contributed by atoms with E-state index in [-0.39, 0.29) is 30.0 Å². The Bertz CT molecular complexity index is 888. The number of Topliss-reactive ketones (excluding diaryl/α,β-unsaturated/α-hetero) is 2. The number of benzene rings is 1. The number of carbonyl (C=O) groups is 2. The van der Waals surface area contributed by atoms with Crippen LogP contribution in [0.1, 0.15) is 27.7 Å². The molecule has 0 saturated carbocycles. The minimum atomic E-state index is -0.821. The molecule has 6 nitrogen and oxygen atoms in total. The SMILES string of the molecule is O=C(Cc1ccc(Cc2ccc(F)cc2F)o1)C(=O)c1nc[nH]n1. The summed E-state index contributed by atoms with van der Waals surface area (Å²) in [6.45, 7) is 0. The molecule has 0 unspecified atom stereocenters. The molecule has 3 rings (SSSR count). The first kappa shape index (κ1) is 15.7. The van der Waals surface area contributed by atoms with Crippen LogP contribution in [-0.4, -0.2) is 26.7 Å². The minimum absolute atomic E-state index is 0.106. The molecule has 0 bridgehead atoms. The van der Waals surface area contributed by atoms with E-state index in [1.165, 1.54) is 18.5 Å². The van der Waals surface area contributed by atoms with E-state index in [9.17, 15) is 18.4 Å². The summed E-state index contributed by atoms with van der Waals surface area (Å²) < 4.78 is 31.9. The smallest absolute Gasteiger partial charge is 0.268 e. The molecule has 24 heavy (non-hydrogen) atoms. The van der Waals surface area contributed by atoms with Gasteiger partial charge in [-0.3, -0.25) is 14.7 Å². The Morgan fingerprint density at radius 2 is 1.92 bits per heavy atom. The van der Waals surface area contributed by atoms with Crippen LogP contribution < -0.4 is 0 Å². The van der Waals surface area contributed by atoms with E-state index in [4.69, 9.17) is 4.42 Å². The molecule has 3 aromatic rings. The zero-order valence-corrected chi connectivity index (χ0v) is 12.3. The summed E-state index contributed by atoms with van der Waals surface area (Å²) in [5, 5.41) is 5.90. The molecule has 0 aliphatic carbocycles. The lowest BCUT2D eigenvalue weighted by atomic mass is 10.1. The van der Waals surface area contributed by atoms with Gasteiger partial charge < -0.3 is 4.42 Å². The fraction of sp³-hybridized carbons (Fsp3) is 0.125. The summed E-state index contributed by atoms with van der Waals surface area (Å²) in [5.74, 6) is -2.42. The zero-order chi connectivity index (χ0) is 17.1. The highest BCUT2D eigenvalue weighted by Gasteiger charge is 2.21. The number of aromatic nitrogens is 3. The molecule has 1 aromatic carbocycles. The zero-order valence-electron chi connectivity index (χ0n) is 12.3. The Morgan fingerprint density at radius 1 is 1.12 bits per heavy atom. The van der Waals surface area contributed by atoms with Crippen LogP contribution in [0.4, 0.5) is 8.78 Å². The topological polar surface area (TPSA) is 88.9 Å². The van der Waals surface area contributed by atoms with Gasteiger partial charge in [0, 0.05) is 12.5 Å². The van der Waals surface area contributed by atoms with Gasteiger partial charge in [-0.1, -0.05) is 6.07 Å². The molecule has 122 valence electrons. The van der Waals surface area contributed by atoms with Crippen LogP contribution in [0.3, 0.4) is 0 Å². The lowest BCUT2D eigenvalue weighted by Crippen LogP contribution is -2.17. The number of halogens is 2. The molecule has 2 heterocycles. The number of hydrogen-bond donors (Lipinski definition) is 1. The standard InChI is InChI=1S/C16H11F2N3O3/c17-10-2-1-9(13(18)6-10)5-11-3-4-12(24-11)7-14(22)15(23)16-19-8-20-21-16/h1-4,6,8H,5,7H2,(H,19,20,21). The first-order valence-corrected chi connectivity index (χ1v) is 6.98. The first-order chi connectivity index (χ1) is 11.5. The van der Waals surface area contributed by atoms with Gasteiger partial charge in [0.25, 0.3) is 5.78 Å². The van der Waals surface area contributed by atoms with Gasteiger partial charge in [0.1, 0.15) is 29.5 Å². The Hall–Kier alpha value is -3.16. The number of hydrogen-bond acceptors (Lipinski definition) is 5. The minimum Gasteiger partial charge on any atom is -0.465 e. The number of ketones is 2. The van der Waals surface area contributed by atoms with Crippen molar-refractivity contribution in [3.63, 3.8) is 0 Å². The van der Waals surface area contributed by atoms with Crippen molar-refractivity contribution in [3.05, 3.63) is 71.2 Å². The van der Waals surface area contributed by atoms with Crippen molar-refractivity contribution >= 4 is 11.6 Å². The van der Waals surface area contributed by atoms with Gasteiger partial charge in [-0.05, 0) is 23.8 Å². The summed E-state index contributed by atoms with van der Waals surface area (Å²) in [4.78, 5) is 27.2. The van der Waals surface area contributed by atoms with Crippen molar-refractivity contribution in [1.82, 2.24) is 15.2 Å². The average Bonchev–Trinajstić information content (AvgIpc) is 3.21. The molecule has 0 atom stereocenters. The second kappa shape index (κ2) is 6.53. The first-order valence-electron chi connectivity index (χ1n) is 6.98. The van der Waals surface area contributed by atoms with Gasteiger partial charge in [-0.15, -0.1) is 5.10 Å². The van der Waals surface area contributed by atoms with Crippen molar-refractivity contribution in [2.75, 3.05) is 0 Å². The molecular weight excluding hydrogens is 320 g/mol. The Kier molecular flexibility index (Phi) is 4.28. The second-order valence-electron chi connectivity index (χ2n) is 5.03. The molecule has 0 radical (unpaired) electrons. The second-order valence-corrected chi connectivity index (χ2v) is 5.03. The third kappa shape index (κ3) is 3.43. The van der Waals surface area contributed by atoms with Crippen LogP contribution >= 0.6 is 0 Å². The third-order valence-corrected chi connectivity index (χ3v) is 3.30. The normalized spacial score (nSPS) is 10.8. The number of aromatic amines is 1. The fourth-order valence-electron chi connectivity index (χ4n) is 2.15. The van der Waals surface area contributed by atoms with Crippen LogP contribution in [0.2, 0.25) is 0 Å². The molecule has 0 amide bonds. The molecule has 0 aliphatic rings. The summed E-state index contributed by atoms with van der Waals surface area (Å²) in [6.07, 6.45) is 1.05. The van der Waals surface area contributed by atoms with E-state index in [2.05, 4.69) is 15.2 Å². The number of furan rings is 1. The summed E-state index contributed by atoms with van der Waals surface area (Å²) in [6, 6.07) is 6.37. The quantitative estimate of drug-likeness (QED) is 0.553. The predicted octanol–water partition coefficient (Wildman–Crippen LogP) is 2.26. The highest BCUT2D eigenvalue weighted by molar-refractivity contribution is 6.42. The summed E-state index contributed by atoms with van der Waals surface area (Å²) in [5.41, 5.74) is 0.264. The number of nitrogens with zero attached hydrogens (tertiary/aromatic N) is 2. The Morgan fingerprint density at radius 3 is 2.62 bits per heavy atom. The van der Waals surface area contributed by atoms with Crippen LogP contribution in [-0.2, 0) is 17.6 Å². The highest BCUT2D eigenvalue weighted by Crippen LogP contribution is 2.17. The van der Waals surface area contributed by atoms with Crippen molar-refractivity contribution < 1.29 is 22.8 Å². The lowest BCUT2D eigenvalue weighted by molar-refractivity contribution is -0.114. The van der Waals surface area contributed by atoms with Crippen molar-refractivity contribution in [2.45, 2.75) is 12.8 Å². The molecular formula is C16H11F2N3O3. The van der Waals surface area contributed by atoms with Crippen LogP contribution in [0.15, 0.2) is 41.1 Å². The van der Waals surface area contributed by atoms with E-state index < -0.39 is 23.2 Å². The third-order valence-electron chi connectivity index (χ3n) is 3.30. The number of carbonyl (C=O) groups excluding carboxylic acids is 2. The van der Waals surface area contributed by atoms with Crippen molar-refractivity contribution in [1.29, 1.82) is 0 Å². The molecule has 0 spiro atoms. The van der Waals surface area contributed by atoms with E-state index in [0.29, 0.717) is 5.76 Å². The van der Waals surface area contributed by atoms with Gasteiger partial charge in [0.2, 0.25) is 11.6 Å². The highest BCUT2D eigenvalue weighted by atomic mass is 19.1. The van der Waals surface area contributed by atoms with Crippen molar-refractivity contribution in [2.24, 2.45) is 0 Å². The van der Waals surface area contributed by atoms with Gasteiger partial charge in [-0.2, -0.15) is 0 Å². The molecule has 8 heteroatoms. The van der Waals surface area contributed by atoms with Crippen LogP contribution in [0.5, 0.6) is 0 Å². The van der Waals surface area contributed by atoms with E-state index in [1.54, 1.807) is 6.07 Å². The molecule has 0 aliphatic heterocycles. The average molecular weight is 331 g/mol. The summed E-state index contributed by atoms with van der Waals surface area (Å²) in [7, 11) is 0. The van der Waals surface area contributed by atoms with E-state index in [1.807, 2.05) is 0 Å². The molecule has 0 fully saturated rings. The van der Waals surface area contributed by atoms with Crippen LogP contribution in [0.25, 0.3) is 0 Å². The van der Waals surface area contributed by atoms with Gasteiger partial charge in [0.05, 0.1) is 6.42 Å². The van der Waals surface area contributed by atoms with Crippen LogP contribution in [0, 0.1) is 11.6 Å². The number of H-pyrrole nitrogens is 1. The van der Waals surface area contributed by atoms with Gasteiger partial charge >= 0.3 is 0 Å². The van der Waals surface area contributed by atoms with Crippen molar-refractivity contribution in [3.8, 4) is 0 Å². The number of nitrogens with one attached hydrogen (secondary N) is 1. The largest absolute Gasteiger partial charge is 0.465 e. The Balaban J connectivity index is 1.67. The number of rotatable bonds is 6. The van der Waals surface area contributed by atoms with Gasteiger partial charge in [0.15, 0.2) is 0 Å². The van der Waals surface area contributed by atoms with E-state index >= 15 is 0 Å². The maximum absolute atomic E-state index is 13.6. The summed E-state index contributed by atoms with van der Waals surface area (Å²) >= 11 is 0. The molecule has 1 N–H and O–H groups in total. The predicted molar refractivity (Wildman–Crippen MR) is 77.3 cm³/mol. The maximum atomic E-state index is 13.6. The maximum Gasteiger partial charge on any atom is 0.268 e. The lowest BCUT2D eigenvalue weighted by Gasteiger charge is -2.01. The van der Waals surface area contributed by atoms with E-state index in [0.717, 1.165) is 12.1 Å². The molecule has 2 aromatic heterocycles. The fourth-order valence-corrected chi connectivity index (χ4v) is 2.15. The monoisotopic (exact) mass is 331 g/mol. The Labute approximate surface area is 134 Å².